The first-order valence-electron chi connectivity index (χ1n) is 9.15. The van der Waals surface area contributed by atoms with Crippen molar-refractivity contribution in [3.63, 3.8) is 0 Å². The van der Waals surface area contributed by atoms with Gasteiger partial charge in [0.15, 0.2) is 5.96 Å². The fourth-order valence-electron chi connectivity index (χ4n) is 2.43. The average Bonchev–Trinajstić information content (AvgIpc) is 2.67. The largest absolute Gasteiger partial charge is 0.357 e. The van der Waals surface area contributed by atoms with E-state index >= 15 is 0 Å². The zero-order valence-corrected chi connectivity index (χ0v) is 16.2. The first kappa shape index (κ1) is 20.1. The predicted molar refractivity (Wildman–Crippen MR) is 111 cm³/mol. The molecular formula is C20H28N4OS. The molecule has 5 nitrogen and oxygen atoms in total. The van der Waals surface area contributed by atoms with E-state index in [1.165, 1.54) is 4.90 Å². The molecule has 140 valence electrons. The van der Waals surface area contributed by atoms with Crippen LogP contribution in [0.3, 0.4) is 0 Å². The van der Waals surface area contributed by atoms with Crippen molar-refractivity contribution >= 4 is 17.7 Å². The van der Waals surface area contributed by atoms with Crippen molar-refractivity contribution in [1.82, 2.24) is 15.2 Å². The molecule has 0 spiro atoms. The van der Waals surface area contributed by atoms with E-state index in [0.29, 0.717) is 0 Å². The van der Waals surface area contributed by atoms with Crippen LogP contribution in [0.1, 0.15) is 19.8 Å². The summed E-state index contributed by atoms with van der Waals surface area (Å²) in [7, 11) is 0. The first-order chi connectivity index (χ1) is 12.8. The maximum absolute atomic E-state index is 11.6. The fraction of sp³-hybridized carbons (Fsp3) is 0.400. The number of aliphatic imine (C=N–C) groups is 1. The Morgan fingerprint density at radius 3 is 2.65 bits per heavy atom. The lowest BCUT2D eigenvalue weighted by Crippen LogP contribution is -2.38. The van der Waals surface area contributed by atoms with E-state index in [-0.39, 0.29) is 5.56 Å². The minimum atomic E-state index is 0.0573. The van der Waals surface area contributed by atoms with E-state index < -0.39 is 0 Å². The second-order valence-electron chi connectivity index (χ2n) is 5.79. The SMILES string of the molecule is CCNC(=NCCCCn1ccccc1=O)NCCSc1ccccc1. The molecule has 2 rings (SSSR count). The number of aryl methyl sites for hydroxylation is 1. The molecule has 0 amide bonds. The number of hydrogen-bond donors (Lipinski definition) is 2. The summed E-state index contributed by atoms with van der Waals surface area (Å²) in [5.74, 6) is 1.85. The fourth-order valence-corrected chi connectivity index (χ4v) is 3.22. The van der Waals surface area contributed by atoms with Crippen LogP contribution in [0.2, 0.25) is 0 Å². The molecule has 0 aliphatic carbocycles. The molecule has 0 radical (unpaired) electrons. The van der Waals surface area contributed by atoms with E-state index in [4.69, 9.17) is 0 Å². The topological polar surface area (TPSA) is 58.4 Å². The Morgan fingerprint density at radius 1 is 1.08 bits per heavy atom. The van der Waals surface area contributed by atoms with Crippen molar-refractivity contribution in [2.45, 2.75) is 31.2 Å². The summed E-state index contributed by atoms with van der Waals surface area (Å²) in [6, 6.07) is 15.7. The van der Waals surface area contributed by atoms with Crippen LogP contribution < -0.4 is 16.2 Å². The number of thioether (sulfide) groups is 1. The Bertz CT molecular complexity index is 715. The smallest absolute Gasteiger partial charge is 0.250 e. The lowest BCUT2D eigenvalue weighted by Gasteiger charge is -2.11. The predicted octanol–water partition coefficient (Wildman–Crippen LogP) is 2.98. The summed E-state index contributed by atoms with van der Waals surface area (Å²) in [6.45, 7) is 5.27. The number of nitrogens with one attached hydrogen (secondary N) is 2. The number of rotatable bonds is 10. The van der Waals surface area contributed by atoms with Crippen molar-refractivity contribution < 1.29 is 0 Å². The zero-order chi connectivity index (χ0) is 18.5. The van der Waals surface area contributed by atoms with Gasteiger partial charge in [0.25, 0.3) is 0 Å². The molecule has 0 unspecified atom stereocenters. The number of unbranched alkanes of at least 4 members (excludes halogenated alkanes) is 1. The lowest BCUT2D eigenvalue weighted by molar-refractivity contribution is 0.598. The summed E-state index contributed by atoms with van der Waals surface area (Å²) < 4.78 is 1.74. The van der Waals surface area contributed by atoms with Crippen LogP contribution in [0.5, 0.6) is 0 Å². The minimum absolute atomic E-state index is 0.0573. The van der Waals surface area contributed by atoms with Gasteiger partial charge >= 0.3 is 0 Å². The highest BCUT2D eigenvalue weighted by molar-refractivity contribution is 7.99. The van der Waals surface area contributed by atoms with Gasteiger partial charge in [-0.15, -0.1) is 11.8 Å². The maximum Gasteiger partial charge on any atom is 0.250 e. The molecule has 0 bridgehead atoms. The van der Waals surface area contributed by atoms with Crippen LogP contribution in [0.4, 0.5) is 0 Å². The number of pyridine rings is 1. The molecule has 0 aliphatic rings. The van der Waals surface area contributed by atoms with E-state index in [1.807, 2.05) is 30.1 Å². The molecular weight excluding hydrogens is 344 g/mol. The Balaban J connectivity index is 1.65. The Morgan fingerprint density at radius 2 is 1.88 bits per heavy atom. The van der Waals surface area contributed by atoms with Crippen molar-refractivity contribution in [1.29, 1.82) is 0 Å². The number of hydrogen-bond acceptors (Lipinski definition) is 3. The van der Waals surface area contributed by atoms with Crippen LogP contribution >= 0.6 is 11.8 Å². The normalized spacial score (nSPS) is 11.3. The highest BCUT2D eigenvalue weighted by Gasteiger charge is 1.98. The molecule has 0 aliphatic heterocycles. The van der Waals surface area contributed by atoms with Gasteiger partial charge in [0.2, 0.25) is 5.56 Å². The molecule has 6 heteroatoms. The molecule has 26 heavy (non-hydrogen) atoms. The molecule has 1 aromatic heterocycles. The second kappa shape index (κ2) is 12.2. The van der Waals surface area contributed by atoms with Gasteiger partial charge in [0, 0.05) is 49.1 Å². The molecule has 2 N–H and O–H groups in total. The number of guanidine groups is 1. The van der Waals surface area contributed by atoms with Gasteiger partial charge in [-0.25, -0.2) is 0 Å². The number of benzene rings is 1. The molecule has 0 saturated heterocycles. The second-order valence-corrected chi connectivity index (χ2v) is 6.96. The third kappa shape index (κ3) is 7.78. The van der Waals surface area contributed by atoms with Gasteiger partial charge in [-0.2, -0.15) is 0 Å². The van der Waals surface area contributed by atoms with Gasteiger partial charge in [-0.3, -0.25) is 9.79 Å². The number of aromatic nitrogens is 1. The van der Waals surface area contributed by atoms with Crippen LogP contribution in [0.15, 0.2) is 69.4 Å². The van der Waals surface area contributed by atoms with Gasteiger partial charge in [0.1, 0.15) is 0 Å². The molecule has 1 heterocycles. The third-order valence-corrected chi connectivity index (χ3v) is 4.74. The minimum Gasteiger partial charge on any atom is -0.357 e. The highest BCUT2D eigenvalue weighted by atomic mass is 32.2. The van der Waals surface area contributed by atoms with Gasteiger partial charge < -0.3 is 15.2 Å². The molecule has 2 aromatic rings. The Hall–Kier alpha value is -2.21. The monoisotopic (exact) mass is 372 g/mol. The van der Waals surface area contributed by atoms with Gasteiger partial charge in [0.05, 0.1) is 0 Å². The molecule has 0 fully saturated rings. The van der Waals surface area contributed by atoms with E-state index in [1.54, 1.807) is 16.7 Å². The maximum atomic E-state index is 11.6. The van der Waals surface area contributed by atoms with Crippen molar-refractivity contribution in [3.8, 4) is 0 Å². The Kier molecular flexibility index (Phi) is 9.43. The first-order valence-corrected chi connectivity index (χ1v) is 10.1. The summed E-state index contributed by atoms with van der Waals surface area (Å²) in [5, 5.41) is 6.64. The van der Waals surface area contributed by atoms with Crippen molar-refractivity contribution in [3.05, 3.63) is 65.1 Å². The van der Waals surface area contributed by atoms with Crippen molar-refractivity contribution in [2.24, 2.45) is 4.99 Å². The molecule has 0 saturated carbocycles. The third-order valence-electron chi connectivity index (χ3n) is 3.73. The lowest BCUT2D eigenvalue weighted by atomic mass is 10.3. The highest BCUT2D eigenvalue weighted by Crippen LogP contribution is 2.15. The molecule has 0 atom stereocenters. The summed E-state index contributed by atoms with van der Waals surface area (Å²) >= 11 is 1.83. The average molecular weight is 373 g/mol. The van der Waals surface area contributed by atoms with Crippen LogP contribution in [-0.4, -0.2) is 35.9 Å². The molecule has 1 aromatic carbocycles. The van der Waals surface area contributed by atoms with E-state index in [0.717, 1.165) is 50.7 Å². The standard InChI is InChI=1S/C20H28N4OS/c1-2-21-20(23-14-17-26-18-10-4-3-5-11-18)22-13-7-9-16-24-15-8-6-12-19(24)25/h3-6,8,10-12,15H,2,7,9,13-14,16-17H2,1H3,(H2,21,22,23). The van der Waals surface area contributed by atoms with Crippen LogP contribution in [0.25, 0.3) is 0 Å². The van der Waals surface area contributed by atoms with Crippen molar-refractivity contribution in [2.75, 3.05) is 25.4 Å². The van der Waals surface area contributed by atoms with E-state index in [2.05, 4.69) is 46.8 Å². The van der Waals surface area contributed by atoms with Gasteiger partial charge in [-0.1, -0.05) is 24.3 Å². The van der Waals surface area contributed by atoms with Crippen LogP contribution in [-0.2, 0) is 6.54 Å². The zero-order valence-electron chi connectivity index (χ0n) is 15.4. The number of nitrogens with zero attached hydrogens (tertiary/aromatic N) is 2. The van der Waals surface area contributed by atoms with Gasteiger partial charge in [-0.05, 0) is 38.0 Å². The van der Waals surface area contributed by atoms with E-state index in [9.17, 15) is 4.79 Å². The summed E-state index contributed by atoms with van der Waals surface area (Å²) in [6.07, 6.45) is 3.73. The summed E-state index contributed by atoms with van der Waals surface area (Å²) in [4.78, 5) is 17.5. The quantitative estimate of drug-likeness (QED) is 0.291. The van der Waals surface area contributed by atoms with Crippen LogP contribution in [0, 0.1) is 0 Å². The Labute approximate surface area is 159 Å². The summed E-state index contributed by atoms with van der Waals surface area (Å²) in [5.41, 5.74) is 0.0573.